The van der Waals surface area contributed by atoms with Gasteiger partial charge in [0.15, 0.2) is 0 Å². The lowest BCUT2D eigenvalue weighted by molar-refractivity contribution is -0.142. The molecular weight excluding hydrogens is 480 g/mol. The summed E-state index contributed by atoms with van der Waals surface area (Å²) < 4.78 is 0. The monoisotopic (exact) mass is 512 g/mol. The van der Waals surface area contributed by atoms with E-state index in [-0.39, 0.29) is 24.7 Å². The second-order valence-electron chi connectivity index (χ2n) is 8.94. The van der Waals surface area contributed by atoms with Crippen LogP contribution in [0.5, 0.6) is 0 Å². The zero-order valence-electron chi connectivity index (χ0n) is 20.6. The van der Waals surface area contributed by atoms with E-state index in [1.807, 2.05) is 50.4 Å². The second-order valence-corrected chi connectivity index (χ2v) is 9.92. The molecule has 3 atom stereocenters. The maximum atomic E-state index is 13.7. The Morgan fingerprint density at radius 2 is 1.69 bits per heavy atom. The summed E-state index contributed by atoms with van der Waals surface area (Å²) in [4.78, 5) is 52.9. The van der Waals surface area contributed by atoms with Gasteiger partial charge in [0.2, 0.25) is 11.8 Å². The fourth-order valence-corrected chi connectivity index (χ4v) is 4.61. The van der Waals surface area contributed by atoms with Crippen molar-refractivity contribution >= 4 is 47.0 Å². The van der Waals surface area contributed by atoms with Gasteiger partial charge in [-0.3, -0.25) is 14.5 Å². The molecule has 0 saturated heterocycles. The summed E-state index contributed by atoms with van der Waals surface area (Å²) in [5.74, 6) is -1.69. The number of carbonyl (C=O) groups excluding carboxylic acids is 3. The molecule has 0 radical (unpaired) electrons. The van der Waals surface area contributed by atoms with E-state index in [2.05, 4.69) is 16.0 Å². The largest absolute Gasteiger partial charge is 0.480 e. The van der Waals surface area contributed by atoms with Crippen LogP contribution in [-0.2, 0) is 20.8 Å². The third kappa shape index (κ3) is 6.57. The molecule has 3 rings (SSSR count). The van der Waals surface area contributed by atoms with E-state index in [0.29, 0.717) is 17.1 Å². The number of benzene rings is 2. The number of hydrogen-bond donors (Lipinski definition) is 4. The Hall–Kier alpha value is -3.53. The summed E-state index contributed by atoms with van der Waals surface area (Å²) >= 11 is 1.48. The van der Waals surface area contributed by atoms with Crippen LogP contribution in [0.4, 0.5) is 16.2 Å². The topological polar surface area (TPSA) is 128 Å². The van der Waals surface area contributed by atoms with Gasteiger partial charge < -0.3 is 21.1 Å². The maximum absolute atomic E-state index is 13.7. The van der Waals surface area contributed by atoms with Crippen molar-refractivity contribution in [2.45, 2.75) is 44.8 Å². The molecule has 4 N–H and O–H groups in total. The van der Waals surface area contributed by atoms with Crippen LogP contribution in [-0.4, -0.2) is 59.1 Å². The summed E-state index contributed by atoms with van der Waals surface area (Å²) in [6, 6.07) is 12.6. The van der Waals surface area contributed by atoms with Crippen LogP contribution in [0.25, 0.3) is 0 Å². The van der Waals surface area contributed by atoms with Crippen LogP contribution in [0.3, 0.4) is 0 Å². The Labute approximate surface area is 215 Å². The van der Waals surface area contributed by atoms with E-state index in [9.17, 15) is 24.3 Å². The predicted octanol–water partition coefficient (Wildman–Crippen LogP) is 3.11. The van der Waals surface area contributed by atoms with Gasteiger partial charge in [0, 0.05) is 6.42 Å². The first-order valence-corrected chi connectivity index (χ1v) is 13.2. The molecule has 1 aliphatic heterocycles. The summed E-state index contributed by atoms with van der Waals surface area (Å²) in [7, 11) is 0. The highest BCUT2D eigenvalue weighted by Crippen LogP contribution is 2.34. The molecule has 10 heteroatoms. The number of nitrogens with zero attached hydrogens (tertiary/aromatic N) is 1. The van der Waals surface area contributed by atoms with Gasteiger partial charge in [-0.15, -0.1) is 0 Å². The second kappa shape index (κ2) is 12.4. The minimum absolute atomic E-state index is 0.154. The zero-order chi connectivity index (χ0) is 26.2. The first kappa shape index (κ1) is 27.1. The first-order valence-electron chi connectivity index (χ1n) is 11.8. The van der Waals surface area contributed by atoms with Crippen LogP contribution < -0.4 is 20.9 Å². The average Bonchev–Trinajstić information content (AvgIpc) is 2.85. The molecule has 9 nitrogen and oxygen atoms in total. The van der Waals surface area contributed by atoms with Crippen molar-refractivity contribution in [3.63, 3.8) is 0 Å². The van der Waals surface area contributed by atoms with Crippen LogP contribution in [0.15, 0.2) is 54.6 Å². The summed E-state index contributed by atoms with van der Waals surface area (Å²) in [6.45, 7) is 3.69. The molecule has 2 aromatic rings. The number of nitrogens with one attached hydrogen (secondary N) is 3. The highest BCUT2D eigenvalue weighted by atomic mass is 32.2. The van der Waals surface area contributed by atoms with Gasteiger partial charge in [-0.1, -0.05) is 56.3 Å². The highest BCUT2D eigenvalue weighted by Gasteiger charge is 2.40. The number of carboxylic acids is 1. The van der Waals surface area contributed by atoms with Crippen LogP contribution in [0, 0.1) is 5.92 Å². The minimum Gasteiger partial charge on any atom is -0.480 e. The summed E-state index contributed by atoms with van der Waals surface area (Å²) in [5, 5.41) is 17.8. The molecule has 0 saturated carbocycles. The molecule has 2 aromatic carbocycles. The van der Waals surface area contributed by atoms with Crippen molar-refractivity contribution in [3.8, 4) is 0 Å². The number of rotatable bonds is 10. The van der Waals surface area contributed by atoms with E-state index in [1.165, 1.54) is 16.7 Å². The Morgan fingerprint density at radius 1 is 1.03 bits per heavy atom. The average molecular weight is 513 g/mol. The molecule has 4 amide bonds. The molecule has 0 aliphatic carbocycles. The van der Waals surface area contributed by atoms with Crippen molar-refractivity contribution < 1.29 is 24.3 Å². The standard InChI is InChI=1S/C26H32N4O5S/c1-16(2)22-24(32)27-18-11-7-8-12-21(18)30(22)26(35)29-20(15-17-9-5-4-6-10-17)23(31)28-19(25(33)34)13-14-36-3/h4-12,16,19-20,22H,13-15H2,1-3H3,(H,27,32)(H,28,31)(H,29,35)(H,33,34)/t19-,20+,22+/m0/s1. The van der Waals surface area contributed by atoms with Gasteiger partial charge in [0.05, 0.1) is 11.4 Å². The van der Waals surface area contributed by atoms with Crippen LogP contribution >= 0.6 is 11.8 Å². The number of thioether (sulfide) groups is 1. The van der Waals surface area contributed by atoms with Crippen molar-refractivity contribution in [2.24, 2.45) is 5.92 Å². The molecule has 36 heavy (non-hydrogen) atoms. The number of fused-ring (bicyclic) bond motifs is 1. The Morgan fingerprint density at radius 3 is 2.33 bits per heavy atom. The fourth-order valence-electron chi connectivity index (χ4n) is 4.14. The number of aliphatic carboxylic acids is 1. The lowest BCUT2D eigenvalue weighted by Gasteiger charge is -2.39. The smallest absolute Gasteiger partial charge is 0.326 e. The van der Waals surface area contributed by atoms with Crippen LogP contribution in [0.2, 0.25) is 0 Å². The summed E-state index contributed by atoms with van der Waals surface area (Å²) in [5.41, 5.74) is 1.82. The van der Waals surface area contributed by atoms with E-state index in [0.717, 1.165) is 5.56 Å². The van der Waals surface area contributed by atoms with Gasteiger partial charge in [-0.25, -0.2) is 9.59 Å². The van der Waals surface area contributed by atoms with Crippen molar-refractivity contribution in [2.75, 3.05) is 22.2 Å². The van der Waals surface area contributed by atoms with E-state index >= 15 is 0 Å². The number of urea groups is 1. The molecule has 0 unspecified atom stereocenters. The number of carbonyl (C=O) groups is 4. The number of anilines is 2. The van der Waals surface area contributed by atoms with E-state index < -0.39 is 36.0 Å². The van der Waals surface area contributed by atoms with Crippen molar-refractivity contribution in [1.82, 2.24) is 10.6 Å². The quantitative estimate of drug-likeness (QED) is 0.387. The molecule has 1 heterocycles. The highest BCUT2D eigenvalue weighted by molar-refractivity contribution is 7.98. The fraction of sp³-hybridized carbons (Fsp3) is 0.385. The van der Waals surface area contributed by atoms with Gasteiger partial charge in [0.25, 0.3) is 0 Å². The van der Waals surface area contributed by atoms with Gasteiger partial charge in [0.1, 0.15) is 18.1 Å². The lowest BCUT2D eigenvalue weighted by Crippen LogP contribution is -2.60. The predicted molar refractivity (Wildman–Crippen MR) is 141 cm³/mol. The molecular formula is C26H32N4O5S. The molecule has 0 spiro atoms. The Kier molecular flexibility index (Phi) is 9.35. The Bertz CT molecular complexity index is 1090. The van der Waals surface area contributed by atoms with E-state index in [1.54, 1.807) is 24.3 Å². The van der Waals surface area contributed by atoms with Crippen molar-refractivity contribution in [1.29, 1.82) is 0 Å². The normalized spacial score (nSPS) is 16.5. The Balaban J connectivity index is 1.90. The number of amides is 4. The first-order chi connectivity index (χ1) is 17.2. The zero-order valence-corrected chi connectivity index (χ0v) is 21.4. The summed E-state index contributed by atoms with van der Waals surface area (Å²) in [6.07, 6.45) is 2.27. The number of hydrogen-bond acceptors (Lipinski definition) is 5. The van der Waals surface area contributed by atoms with E-state index in [4.69, 9.17) is 0 Å². The molecule has 0 bridgehead atoms. The maximum Gasteiger partial charge on any atom is 0.326 e. The van der Waals surface area contributed by atoms with Crippen molar-refractivity contribution in [3.05, 3.63) is 60.2 Å². The van der Waals surface area contributed by atoms with Gasteiger partial charge in [-0.2, -0.15) is 11.8 Å². The molecule has 0 fully saturated rings. The molecule has 1 aliphatic rings. The SMILES string of the molecule is CSCC[C@H](NC(=O)[C@@H](Cc1ccccc1)NC(=O)N1c2ccccc2NC(=O)[C@H]1C(C)C)C(=O)O. The molecule has 192 valence electrons. The third-order valence-corrected chi connectivity index (χ3v) is 6.58. The lowest BCUT2D eigenvalue weighted by atomic mass is 9.98. The third-order valence-electron chi connectivity index (χ3n) is 5.94. The number of para-hydroxylation sites is 2. The van der Waals surface area contributed by atoms with Gasteiger partial charge >= 0.3 is 12.0 Å². The van der Waals surface area contributed by atoms with Crippen LogP contribution in [0.1, 0.15) is 25.8 Å². The van der Waals surface area contributed by atoms with Gasteiger partial charge in [-0.05, 0) is 42.0 Å². The molecule has 0 aromatic heterocycles. The number of carboxylic acid groups (broad SMARTS) is 1. The minimum atomic E-state index is -1.14.